The normalized spacial score (nSPS) is 15.2. The van der Waals surface area contributed by atoms with Crippen molar-refractivity contribution in [3.8, 4) is 5.69 Å². The van der Waals surface area contributed by atoms with Crippen molar-refractivity contribution in [1.82, 2.24) is 19.3 Å². The van der Waals surface area contributed by atoms with Gasteiger partial charge in [-0.1, -0.05) is 17.8 Å². The fourth-order valence-corrected chi connectivity index (χ4v) is 5.16. The molecule has 2 aromatic heterocycles. The number of fused-ring (bicyclic) bond motifs is 2. The Labute approximate surface area is 187 Å². The number of rotatable bonds is 4. The lowest BCUT2D eigenvalue weighted by molar-refractivity contribution is -0.116. The highest BCUT2D eigenvalue weighted by molar-refractivity contribution is 7.99. The van der Waals surface area contributed by atoms with Gasteiger partial charge in [-0.15, -0.1) is 0 Å². The molecule has 2 aromatic carbocycles. The smallest absolute Gasteiger partial charge is 0.265 e. The number of aromatic nitrogens is 4. The molecule has 0 spiro atoms. The van der Waals surface area contributed by atoms with Crippen LogP contribution in [0.2, 0.25) is 0 Å². The molecule has 4 aromatic rings. The van der Waals surface area contributed by atoms with Gasteiger partial charge in [-0.25, -0.2) is 14.1 Å². The van der Waals surface area contributed by atoms with E-state index < -0.39 is 0 Å². The van der Waals surface area contributed by atoms with Crippen LogP contribution in [0, 0.1) is 19.7 Å². The minimum absolute atomic E-state index is 0.151. The van der Waals surface area contributed by atoms with E-state index in [0.717, 1.165) is 16.8 Å². The zero-order valence-corrected chi connectivity index (χ0v) is 18.3. The van der Waals surface area contributed by atoms with E-state index in [4.69, 9.17) is 0 Å². The summed E-state index contributed by atoms with van der Waals surface area (Å²) in [4.78, 5) is 30.6. The van der Waals surface area contributed by atoms with Crippen molar-refractivity contribution in [1.29, 1.82) is 0 Å². The summed E-state index contributed by atoms with van der Waals surface area (Å²) >= 11 is 1.44. The van der Waals surface area contributed by atoms with Crippen LogP contribution in [0.4, 0.5) is 10.1 Å². The van der Waals surface area contributed by atoms with Crippen molar-refractivity contribution in [2.45, 2.75) is 31.5 Å². The van der Waals surface area contributed by atoms with Gasteiger partial charge in [0.25, 0.3) is 5.56 Å². The van der Waals surface area contributed by atoms with Gasteiger partial charge in [0.05, 0.1) is 17.9 Å². The first-order valence-corrected chi connectivity index (χ1v) is 11.1. The first kappa shape index (κ1) is 20.4. The fourth-order valence-electron chi connectivity index (χ4n) is 4.02. The van der Waals surface area contributed by atoms with Crippen LogP contribution in [-0.2, 0) is 4.79 Å². The Morgan fingerprint density at radius 3 is 2.62 bits per heavy atom. The molecular formula is C23H20FN5O2S. The second kappa shape index (κ2) is 7.90. The maximum Gasteiger partial charge on any atom is 0.265 e. The Balaban J connectivity index is 1.43. The summed E-state index contributed by atoms with van der Waals surface area (Å²) in [6, 6.07) is 11.4. The molecule has 0 radical (unpaired) electrons. The van der Waals surface area contributed by atoms with E-state index in [2.05, 4.69) is 15.4 Å². The highest BCUT2D eigenvalue weighted by atomic mass is 32.2. The molecule has 1 aliphatic heterocycles. The van der Waals surface area contributed by atoms with Crippen LogP contribution >= 0.6 is 11.8 Å². The molecule has 5 rings (SSSR count). The lowest BCUT2D eigenvalue weighted by atomic mass is 10.1. The monoisotopic (exact) mass is 449 g/mol. The maximum absolute atomic E-state index is 13.3. The second-order valence-corrected chi connectivity index (χ2v) is 8.92. The predicted octanol–water partition coefficient (Wildman–Crippen LogP) is 4.01. The van der Waals surface area contributed by atoms with E-state index in [1.54, 1.807) is 16.7 Å². The van der Waals surface area contributed by atoms with Gasteiger partial charge >= 0.3 is 0 Å². The van der Waals surface area contributed by atoms with Crippen LogP contribution < -0.4 is 10.9 Å². The molecule has 0 saturated heterocycles. The summed E-state index contributed by atoms with van der Waals surface area (Å²) in [5.41, 5.74) is 3.70. The summed E-state index contributed by atoms with van der Waals surface area (Å²) in [5.74, 6) is 0.0816. The van der Waals surface area contributed by atoms with Gasteiger partial charge in [0.1, 0.15) is 11.2 Å². The molecule has 1 N–H and O–H groups in total. The fraction of sp³-hybridized carbons (Fsp3) is 0.217. The van der Waals surface area contributed by atoms with Crippen LogP contribution in [0.3, 0.4) is 0 Å². The molecule has 0 saturated carbocycles. The van der Waals surface area contributed by atoms with Gasteiger partial charge in [0.15, 0.2) is 10.8 Å². The van der Waals surface area contributed by atoms with Crippen LogP contribution in [0.15, 0.2) is 58.6 Å². The molecule has 0 fully saturated rings. The van der Waals surface area contributed by atoms with Gasteiger partial charge in [0.2, 0.25) is 5.91 Å². The Bertz CT molecular complexity index is 1390. The highest BCUT2D eigenvalue weighted by Gasteiger charge is 2.29. The summed E-state index contributed by atoms with van der Waals surface area (Å²) in [7, 11) is 0. The quantitative estimate of drug-likeness (QED) is 0.476. The minimum atomic E-state index is -0.350. The van der Waals surface area contributed by atoms with E-state index in [1.165, 1.54) is 34.8 Å². The number of halogens is 1. The number of carbonyl (C=O) groups excluding carboxylic acids is 1. The van der Waals surface area contributed by atoms with Gasteiger partial charge in [-0.3, -0.25) is 14.2 Å². The third-order valence-corrected chi connectivity index (χ3v) is 6.47. The molecule has 162 valence electrons. The molecule has 0 bridgehead atoms. The Morgan fingerprint density at radius 2 is 1.91 bits per heavy atom. The molecule has 9 heteroatoms. The average Bonchev–Trinajstić information content (AvgIpc) is 3.33. The van der Waals surface area contributed by atoms with Gasteiger partial charge in [0, 0.05) is 17.9 Å². The molecule has 1 aliphatic rings. The molecule has 1 atom stereocenters. The Kier molecular flexibility index (Phi) is 5.05. The molecule has 1 amide bonds. The largest absolute Gasteiger partial charge is 0.326 e. The zero-order chi connectivity index (χ0) is 22.4. The van der Waals surface area contributed by atoms with Crippen LogP contribution in [0.25, 0.3) is 16.7 Å². The third kappa shape index (κ3) is 3.69. The zero-order valence-electron chi connectivity index (χ0n) is 17.5. The molecular weight excluding hydrogens is 429 g/mol. The van der Waals surface area contributed by atoms with Crippen molar-refractivity contribution in [2.75, 3.05) is 11.1 Å². The number of nitrogens with one attached hydrogen (secondary N) is 1. The number of nitrogens with zero attached hydrogens (tertiary/aromatic N) is 4. The number of hydrogen-bond acceptors (Lipinski definition) is 5. The summed E-state index contributed by atoms with van der Waals surface area (Å²) in [6.45, 7) is 3.96. The van der Waals surface area contributed by atoms with E-state index in [9.17, 15) is 14.0 Å². The Morgan fingerprint density at radius 1 is 1.19 bits per heavy atom. The van der Waals surface area contributed by atoms with Crippen molar-refractivity contribution in [2.24, 2.45) is 0 Å². The SMILES string of the molecule is Cc1cc(C)cc(NC(=O)CC2CSc3nc4c(cnn4-c4ccc(F)cc4)c(=O)n32)c1. The summed E-state index contributed by atoms with van der Waals surface area (Å²) < 4.78 is 16.4. The number of aryl methyl sites for hydroxylation is 2. The molecule has 1 unspecified atom stereocenters. The lowest BCUT2D eigenvalue weighted by Gasteiger charge is -2.14. The third-order valence-electron chi connectivity index (χ3n) is 5.37. The number of carbonyl (C=O) groups is 1. The van der Waals surface area contributed by atoms with Crippen molar-refractivity contribution >= 4 is 34.4 Å². The molecule has 3 heterocycles. The average molecular weight is 450 g/mol. The number of thioether (sulfide) groups is 1. The molecule has 32 heavy (non-hydrogen) atoms. The molecule has 0 aliphatic carbocycles. The predicted molar refractivity (Wildman–Crippen MR) is 122 cm³/mol. The van der Waals surface area contributed by atoms with E-state index >= 15 is 0 Å². The van der Waals surface area contributed by atoms with Gasteiger partial charge < -0.3 is 5.32 Å². The first-order valence-electron chi connectivity index (χ1n) is 10.2. The van der Waals surface area contributed by atoms with E-state index in [1.807, 2.05) is 32.0 Å². The van der Waals surface area contributed by atoms with Crippen LogP contribution in [0.1, 0.15) is 23.6 Å². The van der Waals surface area contributed by atoms with E-state index in [0.29, 0.717) is 27.6 Å². The second-order valence-electron chi connectivity index (χ2n) is 7.93. The van der Waals surface area contributed by atoms with Gasteiger partial charge in [-0.2, -0.15) is 5.10 Å². The minimum Gasteiger partial charge on any atom is -0.326 e. The van der Waals surface area contributed by atoms with Crippen molar-refractivity contribution < 1.29 is 9.18 Å². The van der Waals surface area contributed by atoms with E-state index in [-0.39, 0.29) is 29.7 Å². The van der Waals surface area contributed by atoms with Crippen molar-refractivity contribution in [3.05, 3.63) is 76.0 Å². The van der Waals surface area contributed by atoms with Crippen molar-refractivity contribution in [3.63, 3.8) is 0 Å². The number of benzene rings is 2. The lowest BCUT2D eigenvalue weighted by Crippen LogP contribution is -2.27. The Hall–Kier alpha value is -3.46. The topological polar surface area (TPSA) is 81.8 Å². The van der Waals surface area contributed by atoms with Gasteiger partial charge in [-0.05, 0) is 61.4 Å². The molecule has 7 nitrogen and oxygen atoms in total. The van der Waals surface area contributed by atoms with Crippen LogP contribution in [-0.4, -0.2) is 31.0 Å². The maximum atomic E-state index is 13.3. The number of hydrogen-bond donors (Lipinski definition) is 1. The number of amides is 1. The summed E-state index contributed by atoms with van der Waals surface area (Å²) in [5, 5.41) is 8.13. The summed E-state index contributed by atoms with van der Waals surface area (Å²) in [6.07, 6.45) is 1.64. The highest BCUT2D eigenvalue weighted by Crippen LogP contribution is 2.33. The standard InChI is InChI=1S/C23H20FN5O2S/c1-13-7-14(2)9-16(8-13)26-20(30)10-18-12-32-23-27-21-19(22(31)28(18)23)11-25-29(21)17-5-3-15(24)4-6-17/h3-9,11,18H,10,12H2,1-2H3,(H,26,30). The number of anilines is 1. The first-order chi connectivity index (χ1) is 15.4. The van der Waals surface area contributed by atoms with Crippen LogP contribution in [0.5, 0.6) is 0 Å².